The lowest BCUT2D eigenvalue weighted by Crippen LogP contribution is -2.27. The Hall–Kier alpha value is -1.88. The summed E-state index contributed by atoms with van der Waals surface area (Å²) in [7, 11) is 0. The number of carbonyl (C=O) groups is 1. The van der Waals surface area contributed by atoms with Crippen molar-refractivity contribution in [3.05, 3.63) is 65.7 Å². The molecule has 0 radical (unpaired) electrons. The van der Waals surface area contributed by atoms with Gasteiger partial charge >= 0.3 is 0 Å². The molecule has 1 heterocycles. The highest BCUT2D eigenvalue weighted by Gasteiger charge is 2.33. The Balaban J connectivity index is 1.96. The van der Waals surface area contributed by atoms with Crippen molar-refractivity contribution in [2.45, 2.75) is 5.37 Å². The lowest BCUT2D eigenvalue weighted by atomic mass is 10.2. The average molecular weight is 291 g/mol. The van der Waals surface area contributed by atoms with Crippen LogP contribution in [0, 0.1) is 11.6 Å². The van der Waals surface area contributed by atoms with Crippen LogP contribution in [0.15, 0.2) is 48.5 Å². The van der Waals surface area contributed by atoms with Gasteiger partial charge in [-0.2, -0.15) is 0 Å². The number of hydrogen-bond acceptors (Lipinski definition) is 2. The summed E-state index contributed by atoms with van der Waals surface area (Å²) in [6.07, 6.45) is 0. The Morgan fingerprint density at radius 1 is 0.950 bits per heavy atom. The average Bonchev–Trinajstić information content (AvgIpc) is 2.83. The topological polar surface area (TPSA) is 20.3 Å². The summed E-state index contributed by atoms with van der Waals surface area (Å²) in [4.78, 5) is 13.7. The van der Waals surface area contributed by atoms with E-state index in [9.17, 15) is 13.6 Å². The summed E-state index contributed by atoms with van der Waals surface area (Å²) in [6.45, 7) is 0. The van der Waals surface area contributed by atoms with Crippen LogP contribution in [-0.2, 0) is 4.79 Å². The molecule has 0 N–H and O–H groups in total. The van der Waals surface area contributed by atoms with E-state index in [1.54, 1.807) is 29.2 Å². The maximum Gasteiger partial charge on any atom is 0.238 e. The first-order valence-electron chi connectivity index (χ1n) is 6.10. The van der Waals surface area contributed by atoms with Crippen LogP contribution in [-0.4, -0.2) is 11.7 Å². The minimum Gasteiger partial charge on any atom is -0.295 e. The third-order valence-electron chi connectivity index (χ3n) is 3.13. The minimum atomic E-state index is -0.341. The van der Waals surface area contributed by atoms with Crippen molar-refractivity contribution in [3.63, 3.8) is 0 Å². The molecule has 0 bridgehead atoms. The van der Waals surface area contributed by atoms with Crippen LogP contribution in [0.4, 0.5) is 14.5 Å². The third-order valence-corrected chi connectivity index (χ3v) is 4.34. The summed E-state index contributed by atoms with van der Waals surface area (Å²) in [5.41, 5.74) is 1.50. The van der Waals surface area contributed by atoms with Gasteiger partial charge in [0.15, 0.2) is 0 Å². The van der Waals surface area contributed by atoms with Crippen LogP contribution >= 0.6 is 11.8 Å². The van der Waals surface area contributed by atoms with E-state index in [0.717, 1.165) is 5.56 Å². The predicted octanol–water partition coefficient (Wildman–Crippen LogP) is 3.74. The standard InChI is InChI=1S/C15H11F2NOS/c16-11-3-1-10(2-4-11)15-18(14(19)9-20-15)13-7-5-12(17)6-8-13/h1-8,15H,9H2/t15-/m0/s1. The first-order chi connectivity index (χ1) is 9.65. The van der Waals surface area contributed by atoms with Crippen molar-refractivity contribution in [2.24, 2.45) is 0 Å². The minimum absolute atomic E-state index is 0.0315. The van der Waals surface area contributed by atoms with Gasteiger partial charge in [0.05, 0.1) is 5.75 Å². The lowest BCUT2D eigenvalue weighted by molar-refractivity contribution is -0.115. The zero-order chi connectivity index (χ0) is 14.1. The van der Waals surface area contributed by atoms with E-state index in [2.05, 4.69) is 0 Å². The summed E-state index contributed by atoms with van der Waals surface area (Å²) in [6, 6.07) is 11.9. The second-order valence-electron chi connectivity index (χ2n) is 4.46. The number of benzene rings is 2. The molecule has 0 saturated carbocycles. The molecule has 2 aromatic rings. The van der Waals surface area contributed by atoms with E-state index in [0.29, 0.717) is 11.4 Å². The zero-order valence-electron chi connectivity index (χ0n) is 10.4. The van der Waals surface area contributed by atoms with E-state index >= 15 is 0 Å². The summed E-state index contributed by atoms with van der Waals surface area (Å²) in [5.74, 6) is -0.321. The van der Waals surface area contributed by atoms with Crippen LogP contribution in [0.2, 0.25) is 0 Å². The van der Waals surface area contributed by atoms with Crippen molar-refractivity contribution in [1.82, 2.24) is 0 Å². The van der Waals surface area contributed by atoms with Gasteiger partial charge in [0, 0.05) is 5.69 Å². The Morgan fingerprint density at radius 3 is 2.10 bits per heavy atom. The van der Waals surface area contributed by atoms with Crippen molar-refractivity contribution in [2.75, 3.05) is 10.7 Å². The Bertz CT molecular complexity index is 627. The second kappa shape index (κ2) is 5.25. The molecule has 1 fully saturated rings. The Kier molecular flexibility index (Phi) is 3.44. The van der Waals surface area contributed by atoms with E-state index in [-0.39, 0.29) is 22.9 Å². The molecular weight excluding hydrogens is 280 g/mol. The first kappa shape index (κ1) is 13.1. The van der Waals surface area contributed by atoms with Crippen molar-refractivity contribution in [1.29, 1.82) is 0 Å². The Labute approximate surface area is 119 Å². The van der Waals surface area contributed by atoms with Crippen LogP contribution in [0.3, 0.4) is 0 Å². The molecule has 5 heteroatoms. The van der Waals surface area contributed by atoms with E-state index in [1.807, 2.05) is 0 Å². The SMILES string of the molecule is O=C1CS[C@@H](c2ccc(F)cc2)N1c1ccc(F)cc1. The molecule has 1 aliphatic heterocycles. The first-order valence-corrected chi connectivity index (χ1v) is 7.15. The number of rotatable bonds is 2. The zero-order valence-corrected chi connectivity index (χ0v) is 11.2. The molecule has 1 atom stereocenters. The van der Waals surface area contributed by atoms with E-state index in [4.69, 9.17) is 0 Å². The smallest absolute Gasteiger partial charge is 0.238 e. The van der Waals surface area contributed by atoms with Gasteiger partial charge in [-0.3, -0.25) is 9.69 Å². The normalized spacial score (nSPS) is 18.6. The van der Waals surface area contributed by atoms with Gasteiger partial charge in [-0.25, -0.2) is 8.78 Å². The second-order valence-corrected chi connectivity index (χ2v) is 5.52. The predicted molar refractivity (Wildman–Crippen MR) is 75.5 cm³/mol. The number of carbonyl (C=O) groups excluding carboxylic acids is 1. The maximum atomic E-state index is 13.0. The molecular formula is C15H11F2NOS. The van der Waals surface area contributed by atoms with Crippen molar-refractivity contribution >= 4 is 23.4 Å². The maximum absolute atomic E-state index is 13.0. The van der Waals surface area contributed by atoms with E-state index in [1.165, 1.54) is 36.0 Å². The highest BCUT2D eigenvalue weighted by Crippen LogP contribution is 2.41. The molecule has 2 nitrogen and oxygen atoms in total. The highest BCUT2D eigenvalue weighted by atomic mass is 32.2. The van der Waals surface area contributed by atoms with E-state index < -0.39 is 0 Å². The van der Waals surface area contributed by atoms with Crippen molar-refractivity contribution in [3.8, 4) is 0 Å². The molecule has 1 saturated heterocycles. The fourth-order valence-corrected chi connectivity index (χ4v) is 3.36. The molecule has 102 valence electrons. The quantitative estimate of drug-likeness (QED) is 0.840. The number of thioether (sulfide) groups is 1. The van der Waals surface area contributed by atoms with Gasteiger partial charge in [-0.15, -0.1) is 11.8 Å². The number of hydrogen-bond donors (Lipinski definition) is 0. The van der Waals surface area contributed by atoms with Gasteiger partial charge in [-0.05, 0) is 42.0 Å². The van der Waals surface area contributed by atoms with Crippen LogP contribution in [0.1, 0.15) is 10.9 Å². The van der Waals surface area contributed by atoms with Crippen LogP contribution < -0.4 is 4.90 Å². The molecule has 0 unspecified atom stereocenters. The molecule has 0 aliphatic carbocycles. The fourth-order valence-electron chi connectivity index (χ4n) is 2.18. The molecule has 0 spiro atoms. The van der Waals surface area contributed by atoms with Gasteiger partial charge in [0.1, 0.15) is 17.0 Å². The fraction of sp³-hybridized carbons (Fsp3) is 0.133. The number of nitrogens with zero attached hydrogens (tertiary/aromatic N) is 1. The van der Waals surface area contributed by atoms with Gasteiger partial charge in [0.2, 0.25) is 5.91 Å². The summed E-state index contributed by atoms with van der Waals surface area (Å²) < 4.78 is 26.0. The summed E-state index contributed by atoms with van der Waals surface area (Å²) >= 11 is 1.48. The van der Waals surface area contributed by atoms with Gasteiger partial charge in [-0.1, -0.05) is 12.1 Å². The molecule has 0 aromatic heterocycles. The van der Waals surface area contributed by atoms with Gasteiger partial charge < -0.3 is 0 Å². The molecule has 2 aromatic carbocycles. The van der Waals surface area contributed by atoms with Crippen LogP contribution in [0.5, 0.6) is 0 Å². The molecule has 1 aliphatic rings. The Morgan fingerprint density at radius 2 is 1.50 bits per heavy atom. The van der Waals surface area contributed by atoms with Crippen LogP contribution in [0.25, 0.3) is 0 Å². The molecule has 3 rings (SSSR count). The largest absolute Gasteiger partial charge is 0.295 e. The van der Waals surface area contributed by atoms with Crippen molar-refractivity contribution < 1.29 is 13.6 Å². The number of halogens is 2. The monoisotopic (exact) mass is 291 g/mol. The third kappa shape index (κ3) is 2.41. The van der Waals surface area contributed by atoms with Gasteiger partial charge in [0.25, 0.3) is 0 Å². The molecule has 1 amide bonds. The highest BCUT2D eigenvalue weighted by molar-refractivity contribution is 8.00. The molecule has 20 heavy (non-hydrogen) atoms. The summed E-state index contributed by atoms with van der Waals surface area (Å²) in [5, 5.41) is -0.200. The lowest BCUT2D eigenvalue weighted by Gasteiger charge is -2.24. The number of amides is 1. The number of anilines is 1.